The van der Waals surface area contributed by atoms with E-state index in [0.717, 1.165) is 26.1 Å². The molecule has 1 aromatic heterocycles. The van der Waals surface area contributed by atoms with Gasteiger partial charge in [-0.3, -0.25) is 0 Å². The molecule has 20 heavy (non-hydrogen) atoms. The van der Waals surface area contributed by atoms with E-state index in [4.69, 9.17) is 0 Å². The first-order valence-corrected chi connectivity index (χ1v) is 8.21. The van der Waals surface area contributed by atoms with Crippen molar-refractivity contribution in [3.63, 3.8) is 0 Å². The third-order valence-electron chi connectivity index (χ3n) is 3.87. The summed E-state index contributed by atoms with van der Waals surface area (Å²) in [7, 11) is 0. The molecular weight excluding hydrogens is 266 g/mol. The van der Waals surface area contributed by atoms with Crippen LogP contribution in [-0.4, -0.2) is 30.7 Å². The van der Waals surface area contributed by atoms with Gasteiger partial charge in [-0.15, -0.1) is 11.3 Å². The molecule has 0 radical (unpaired) electrons. The molecule has 1 saturated heterocycles. The fourth-order valence-corrected chi connectivity index (χ4v) is 3.36. The fraction of sp³-hybridized carbons (Fsp3) is 0.438. The Morgan fingerprint density at radius 2 is 2.00 bits per heavy atom. The van der Waals surface area contributed by atoms with Gasteiger partial charge in [0.25, 0.3) is 0 Å². The number of hydrogen-bond acceptors (Lipinski definition) is 4. The number of anilines is 1. The van der Waals surface area contributed by atoms with Crippen LogP contribution in [0.4, 0.5) is 5.69 Å². The highest BCUT2D eigenvalue weighted by atomic mass is 32.1. The van der Waals surface area contributed by atoms with E-state index < -0.39 is 0 Å². The first kappa shape index (κ1) is 13.6. The van der Waals surface area contributed by atoms with Crippen molar-refractivity contribution in [1.82, 2.24) is 10.3 Å². The SMILES string of the molecule is c1ccc(N2CCC(NCCc3nccs3)CC2)cc1. The highest BCUT2D eigenvalue weighted by Gasteiger charge is 2.18. The Balaban J connectivity index is 1.40. The largest absolute Gasteiger partial charge is 0.371 e. The second-order valence-corrected chi connectivity index (χ2v) is 6.21. The number of thiazole rings is 1. The van der Waals surface area contributed by atoms with Crippen LogP contribution in [0.25, 0.3) is 0 Å². The maximum atomic E-state index is 4.32. The molecule has 2 aromatic rings. The molecule has 0 amide bonds. The molecule has 1 aliphatic heterocycles. The van der Waals surface area contributed by atoms with Gasteiger partial charge < -0.3 is 10.2 Å². The number of rotatable bonds is 5. The lowest BCUT2D eigenvalue weighted by molar-refractivity contribution is 0.417. The van der Waals surface area contributed by atoms with E-state index in [9.17, 15) is 0 Å². The molecule has 4 heteroatoms. The monoisotopic (exact) mass is 287 g/mol. The van der Waals surface area contributed by atoms with Crippen molar-refractivity contribution in [1.29, 1.82) is 0 Å². The van der Waals surface area contributed by atoms with E-state index in [2.05, 4.69) is 45.5 Å². The van der Waals surface area contributed by atoms with Crippen LogP contribution in [0.15, 0.2) is 41.9 Å². The van der Waals surface area contributed by atoms with Gasteiger partial charge in [-0.1, -0.05) is 18.2 Å². The summed E-state index contributed by atoms with van der Waals surface area (Å²) in [6.07, 6.45) is 5.40. The number of piperidine rings is 1. The summed E-state index contributed by atoms with van der Waals surface area (Å²) in [5.41, 5.74) is 1.36. The fourth-order valence-electron chi connectivity index (χ4n) is 2.74. The summed E-state index contributed by atoms with van der Waals surface area (Å²) >= 11 is 1.75. The Bertz CT molecular complexity index is 490. The number of aromatic nitrogens is 1. The molecule has 1 aliphatic rings. The maximum absolute atomic E-state index is 4.32. The Morgan fingerprint density at radius 3 is 2.70 bits per heavy atom. The first-order chi connectivity index (χ1) is 9.92. The van der Waals surface area contributed by atoms with Crippen LogP contribution in [0.3, 0.4) is 0 Å². The normalized spacial score (nSPS) is 16.5. The summed E-state index contributed by atoms with van der Waals surface area (Å²) in [6, 6.07) is 11.4. The smallest absolute Gasteiger partial charge is 0.0937 e. The molecule has 3 rings (SSSR count). The molecular formula is C16H21N3S. The Hall–Kier alpha value is -1.39. The molecule has 0 aliphatic carbocycles. The Labute approximate surface area is 124 Å². The molecule has 0 atom stereocenters. The topological polar surface area (TPSA) is 28.2 Å². The molecule has 2 heterocycles. The van der Waals surface area contributed by atoms with Crippen LogP contribution in [-0.2, 0) is 6.42 Å². The molecule has 0 bridgehead atoms. The van der Waals surface area contributed by atoms with Crippen LogP contribution in [0, 0.1) is 0 Å². The van der Waals surface area contributed by atoms with Crippen molar-refractivity contribution in [2.75, 3.05) is 24.5 Å². The lowest BCUT2D eigenvalue weighted by atomic mass is 10.0. The highest BCUT2D eigenvalue weighted by molar-refractivity contribution is 7.09. The lowest BCUT2D eigenvalue weighted by Crippen LogP contribution is -2.43. The van der Waals surface area contributed by atoms with Crippen LogP contribution in [0.2, 0.25) is 0 Å². The van der Waals surface area contributed by atoms with Gasteiger partial charge in [-0.25, -0.2) is 4.98 Å². The number of nitrogens with one attached hydrogen (secondary N) is 1. The maximum Gasteiger partial charge on any atom is 0.0937 e. The summed E-state index contributed by atoms with van der Waals surface area (Å²) in [6.45, 7) is 3.35. The third-order valence-corrected chi connectivity index (χ3v) is 4.71. The van der Waals surface area contributed by atoms with Gasteiger partial charge in [0.2, 0.25) is 0 Å². The van der Waals surface area contributed by atoms with Gasteiger partial charge in [0.15, 0.2) is 0 Å². The van der Waals surface area contributed by atoms with Crippen LogP contribution < -0.4 is 10.2 Å². The van der Waals surface area contributed by atoms with Crippen molar-refractivity contribution in [3.05, 3.63) is 46.9 Å². The van der Waals surface area contributed by atoms with E-state index in [0.29, 0.717) is 6.04 Å². The van der Waals surface area contributed by atoms with E-state index in [-0.39, 0.29) is 0 Å². The lowest BCUT2D eigenvalue weighted by Gasteiger charge is -2.34. The van der Waals surface area contributed by atoms with E-state index in [1.807, 2.05) is 11.6 Å². The van der Waals surface area contributed by atoms with E-state index in [1.54, 1.807) is 11.3 Å². The second-order valence-electron chi connectivity index (χ2n) is 5.23. The number of nitrogens with zero attached hydrogens (tertiary/aromatic N) is 2. The number of hydrogen-bond donors (Lipinski definition) is 1. The van der Waals surface area contributed by atoms with E-state index >= 15 is 0 Å². The number of benzene rings is 1. The van der Waals surface area contributed by atoms with Crippen molar-refractivity contribution in [2.24, 2.45) is 0 Å². The van der Waals surface area contributed by atoms with Crippen molar-refractivity contribution in [3.8, 4) is 0 Å². The van der Waals surface area contributed by atoms with Gasteiger partial charge in [0.1, 0.15) is 0 Å². The summed E-state index contributed by atoms with van der Waals surface area (Å²) in [4.78, 5) is 6.81. The summed E-state index contributed by atoms with van der Waals surface area (Å²) < 4.78 is 0. The quantitative estimate of drug-likeness (QED) is 0.916. The van der Waals surface area contributed by atoms with Crippen molar-refractivity contribution in [2.45, 2.75) is 25.3 Å². The minimum atomic E-state index is 0.662. The van der Waals surface area contributed by atoms with Gasteiger partial charge in [-0.05, 0) is 25.0 Å². The zero-order valence-electron chi connectivity index (χ0n) is 11.7. The first-order valence-electron chi connectivity index (χ1n) is 7.33. The molecule has 0 spiro atoms. The predicted octanol–water partition coefficient (Wildman–Crippen LogP) is 2.94. The van der Waals surface area contributed by atoms with Gasteiger partial charge in [0, 0.05) is 49.4 Å². The van der Waals surface area contributed by atoms with Gasteiger partial charge in [-0.2, -0.15) is 0 Å². The number of para-hydroxylation sites is 1. The molecule has 1 aromatic carbocycles. The minimum Gasteiger partial charge on any atom is -0.371 e. The molecule has 1 N–H and O–H groups in total. The van der Waals surface area contributed by atoms with Crippen LogP contribution >= 0.6 is 11.3 Å². The summed E-state index contributed by atoms with van der Waals surface area (Å²) in [5, 5.41) is 6.96. The van der Waals surface area contributed by atoms with Crippen LogP contribution in [0.5, 0.6) is 0 Å². The summed E-state index contributed by atoms with van der Waals surface area (Å²) in [5.74, 6) is 0. The molecule has 1 fully saturated rings. The van der Waals surface area contributed by atoms with Crippen molar-refractivity contribution < 1.29 is 0 Å². The molecule has 0 saturated carbocycles. The van der Waals surface area contributed by atoms with Crippen molar-refractivity contribution >= 4 is 17.0 Å². The van der Waals surface area contributed by atoms with Gasteiger partial charge in [0.05, 0.1) is 5.01 Å². The van der Waals surface area contributed by atoms with E-state index in [1.165, 1.54) is 23.5 Å². The average molecular weight is 287 g/mol. The molecule has 106 valence electrons. The van der Waals surface area contributed by atoms with Gasteiger partial charge >= 0.3 is 0 Å². The predicted molar refractivity (Wildman–Crippen MR) is 85.5 cm³/mol. The third kappa shape index (κ3) is 3.58. The Morgan fingerprint density at radius 1 is 1.20 bits per heavy atom. The highest BCUT2D eigenvalue weighted by Crippen LogP contribution is 2.19. The second kappa shape index (κ2) is 6.86. The standard InChI is InChI=1S/C16H21N3S/c1-2-4-15(5-3-1)19-11-7-14(8-12-19)17-9-6-16-18-10-13-20-16/h1-5,10,13-14,17H,6-9,11-12H2. The zero-order chi connectivity index (χ0) is 13.6. The molecule has 0 unspecified atom stereocenters. The Kier molecular flexibility index (Phi) is 4.66. The minimum absolute atomic E-state index is 0.662. The molecule has 3 nitrogen and oxygen atoms in total. The van der Waals surface area contributed by atoms with Crippen LogP contribution in [0.1, 0.15) is 17.8 Å². The zero-order valence-corrected chi connectivity index (χ0v) is 12.5. The average Bonchev–Trinajstić information content (AvgIpc) is 3.02.